The number of nitrogens with one attached hydrogen (secondary N) is 1. The van der Waals surface area contributed by atoms with Crippen LogP contribution in [0, 0.1) is 11.3 Å². The lowest BCUT2D eigenvalue weighted by Crippen LogP contribution is -2.13. The van der Waals surface area contributed by atoms with E-state index in [0.717, 1.165) is 26.8 Å². The summed E-state index contributed by atoms with van der Waals surface area (Å²) in [5.74, 6) is 1.06. The van der Waals surface area contributed by atoms with Crippen molar-refractivity contribution in [2.24, 2.45) is 7.05 Å². The second-order valence-electron chi connectivity index (χ2n) is 7.65. The van der Waals surface area contributed by atoms with Gasteiger partial charge < -0.3 is 5.32 Å². The lowest BCUT2D eigenvalue weighted by atomic mass is 10.0. The Morgan fingerprint density at radius 2 is 2.00 bits per heavy atom. The predicted molar refractivity (Wildman–Crippen MR) is 133 cm³/mol. The number of nitrogens with zero attached hydrogens (tertiary/aromatic N) is 6. The van der Waals surface area contributed by atoms with Crippen LogP contribution in [0.1, 0.15) is 15.9 Å². The maximum Gasteiger partial charge on any atom is 0.235 e. The van der Waals surface area contributed by atoms with Gasteiger partial charge in [0, 0.05) is 40.9 Å². The van der Waals surface area contributed by atoms with Crippen molar-refractivity contribution >= 4 is 44.5 Å². The summed E-state index contributed by atoms with van der Waals surface area (Å²) in [6.45, 7) is 0. The van der Waals surface area contributed by atoms with E-state index in [-0.39, 0.29) is 12.3 Å². The highest BCUT2D eigenvalue weighted by Crippen LogP contribution is 2.29. The van der Waals surface area contributed by atoms with Gasteiger partial charge in [0.15, 0.2) is 0 Å². The monoisotopic (exact) mass is 511 g/mol. The number of carbonyl (C=O) groups excluding carboxylic acids is 1. The van der Waals surface area contributed by atoms with Crippen LogP contribution in [-0.2, 0) is 13.5 Å². The number of halogens is 1. The molecule has 8 nitrogen and oxygen atoms in total. The molecular formula is C25H18BrN7O. The molecule has 166 valence electrons. The van der Waals surface area contributed by atoms with Gasteiger partial charge in [-0.25, -0.2) is 9.97 Å². The second kappa shape index (κ2) is 8.92. The lowest BCUT2D eigenvalue weighted by molar-refractivity contribution is 0.0919. The van der Waals surface area contributed by atoms with Crippen LogP contribution in [-0.4, -0.2) is 30.2 Å². The molecule has 0 saturated carbocycles. The van der Waals surface area contributed by atoms with Crippen LogP contribution in [0.3, 0.4) is 0 Å². The lowest BCUT2D eigenvalue weighted by Gasteiger charge is -2.10. The summed E-state index contributed by atoms with van der Waals surface area (Å²) in [6, 6.07) is 19.0. The molecule has 0 radical (unpaired) electrons. The van der Waals surface area contributed by atoms with Crippen LogP contribution < -0.4 is 5.32 Å². The number of carbonyl (C=O) groups is 1. The van der Waals surface area contributed by atoms with E-state index in [4.69, 9.17) is 0 Å². The van der Waals surface area contributed by atoms with E-state index in [1.807, 2.05) is 49.5 Å². The third kappa shape index (κ3) is 4.07. The largest absolute Gasteiger partial charge is 0.309 e. The quantitative estimate of drug-likeness (QED) is 0.352. The Bertz CT molecular complexity index is 1580. The maximum atomic E-state index is 13.1. The van der Waals surface area contributed by atoms with Crippen LogP contribution >= 0.6 is 15.9 Å². The number of rotatable bonds is 5. The van der Waals surface area contributed by atoms with Crippen molar-refractivity contribution in [3.05, 3.63) is 88.8 Å². The number of hydrogen-bond donors (Lipinski definition) is 1. The molecule has 5 aromatic rings. The number of hydrogen-bond acceptors (Lipinski definition) is 6. The molecule has 0 bridgehead atoms. The average molecular weight is 512 g/mol. The van der Waals surface area contributed by atoms with Crippen molar-refractivity contribution in [1.29, 1.82) is 5.26 Å². The zero-order valence-corrected chi connectivity index (χ0v) is 19.7. The first-order chi connectivity index (χ1) is 16.5. The first-order valence-electron chi connectivity index (χ1n) is 10.4. The van der Waals surface area contributed by atoms with Crippen LogP contribution in [0.25, 0.3) is 22.2 Å². The number of fused-ring (bicyclic) bond motifs is 1. The van der Waals surface area contributed by atoms with Gasteiger partial charge in [0.05, 0.1) is 29.4 Å². The summed E-state index contributed by atoms with van der Waals surface area (Å²) in [4.78, 5) is 22.0. The van der Waals surface area contributed by atoms with Gasteiger partial charge in [-0.05, 0) is 35.9 Å². The highest BCUT2D eigenvalue weighted by Gasteiger charge is 2.16. The van der Waals surface area contributed by atoms with Crippen LogP contribution in [0.4, 0.5) is 11.8 Å². The van der Waals surface area contributed by atoms with Crippen LogP contribution in [0.15, 0.2) is 77.7 Å². The SMILES string of the molecule is Cn1nccc1Nc1nccc(-c2cc(C#N)c3c(ccn3C(=O)Cc3ccccc3Br)c2)n1. The van der Waals surface area contributed by atoms with Gasteiger partial charge in [-0.15, -0.1) is 0 Å². The molecule has 0 aliphatic carbocycles. The molecule has 0 fully saturated rings. The molecule has 0 atom stereocenters. The summed E-state index contributed by atoms with van der Waals surface area (Å²) in [5, 5.41) is 17.9. The molecule has 3 heterocycles. The van der Waals surface area contributed by atoms with Gasteiger partial charge in [-0.3, -0.25) is 14.0 Å². The molecule has 0 spiro atoms. The molecule has 3 aromatic heterocycles. The van der Waals surface area contributed by atoms with Crippen molar-refractivity contribution in [1.82, 2.24) is 24.3 Å². The van der Waals surface area contributed by atoms with Gasteiger partial charge in [-0.2, -0.15) is 10.4 Å². The normalized spacial score (nSPS) is 10.9. The zero-order chi connectivity index (χ0) is 23.7. The Balaban J connectivity index is 1.50. The minimum atomic E-state index is -0.115. The smallest absolute Gasteiger partial charge is 0.235 e. The van der Waals surface area contributed by atoms with E-state index in [2.05, 4.69) is 42.4 Å². The Labute approximate surface area is 203 Å². The molecule has 34 heavy (non-hydrogen) atoms. The molecule has 0 unspecified atom stereocenters. The average Bonchev–Trinajstić information content (AvgIpc) is 3.46. The van der Waals surface area contributed by atoms with Gasteiger partial charge in [0.1, 0.15) is 11.9 Å². The molecule has 9 heteroatoms. The van der Waals surface area contributed by atoms with Crippen molar-refractivity contribution < 1.29 is 4.79 Å². The van der Waals surface area contributed by atoms with Gasteiger partial charge in [-0.1, -0.05) is 34.1 Å². The van der Waals surface area contributed by atoms with E-state index < -0.39 is 0 Å². The minimum absolute atomic E-state index is 0.115. The second-order valence-corrected chi connectivity index (χ2v) is 8.51. The number of anilines is 2. The molecule has 0 aliphatic heterocycles. The number of aryl methyl sites for hydroxylation is 1. The van der Waals surface area contributed by atoms with Gasteiger partial charge >= 0.3 is 0 Å². The van der Waals surface area contributed by atoms with Crippen molar-refractivity contribution in [3.63, 3.8) is 0 Å². The maximum absolute atomic E-state index is 13.1. The molecule has 0 aliphatic rings. The van der Waals surface area contributed by atoms with E-state index in [0.29, 0.717) is 22.7 Å². The van der Waals surface area contributed by atoms with Crippen molar-refractivity contribution in [2.45, 2.75) is 6.42 Å². The standard InChI is InChI=1S/C25H18BrN7O/c1-32-22(7-10-29-32)31-25-28-9-6-21(30-25)18-12-17-8-11-33(24(17)19(13-18)15-27)23(34)14-16-4-2-3-5-20(16)26/h2-13H,14H2,1H3,(H,28,30,31). The van der Waals surface area contributed by atoms with Crippen molar-refractivity contribution in [3.8, 4) is 17.3 Å². The van der Waals surface area contributed by atoms with Crippen molar-refractivity contribution in [2.75, 3.05) is 5.32 Å². The molecule has 1 N–H and O–H groups in total. The first-order valence-corrected chi connectivity index (χ1v) is 11.2. The molecular weight excluding hydrogens is 494 g/mol. The number of nitriles is 1. The topological polar surface area (TPSA) is 101 Å². The Hall–Kier alpha value is -4.29. The third-order valence-electron chi connectivity index (χ3n) is 5.48. The Kier molecular flexibility index (Phi) is 5.65. The van der Waals surface area contributed by atoms with E-state index in [1.165, 1.54) is 0 Å². The fourth-order valence-corrected chi connectivity index (χ4v) is 4.23. The highest BCUT2D eigenvalue weighted by molar-refractivity contribution is 9.10. The number of aromatic nitrogens is 5. The first kappa shape index (κ1) is 21.6. The van der Waals surface area contributed by atoms with E-state index in [1.54, 1.807) is 40.0 Å². The molecule has 2 aromatic carbocycles. The van der Waals surface area contributed by atoms with E-state index >= 15 is 0 Å². The third-order valence-corrected chi connectivity index (χ3v) is 6.26. The fourth-order valence-electron chi connectivity index (χ4n) is 3.80. The number of benzene rings is 2. The predicted octanol–water partition coefficient (Wildman–Crippen LogP) is 5.09. The minimum Gasteiger partial charge on any atom is -0.309 e. The van der Waals surface area contributed by atoms with Crippen LogP contribution in [0.2, 0.25) is 0 Å². The molecule has 5 rings (SSSR count). The molecule has 0 saturated heterocycles. The van der Waals surface area contributed by atoms with E-state index in [9.17, 15) is 10.1 Å². The van der Waals surface area contributed by atoms with Gasteiger partial charge in [0.25, 0.3) is 0 Å². The summed E-state index contributed by atoms with van der Waals surface area (Å²) in [7, 11) is 1.82. The fraction of sp³-hybridized carbons (Fsp3) is 0.0800. The van der Waals surface area contributed by atoms with Crippen LogP contribution in [0.5, 0.6) is 0 Å². The highest BCUT2D eigenvalue weighted by atomic mass is 79.9. The summed E-state index contributed by atoms with van der Waals surface area (Å²) in [6.07, 6.45) is 5.27. The Morgan fingerprint density at radius 3 is 2.76 bits per heavy atom. The Morgan fingerprint density at radius 1 is 1.15 bits per heavy atom. The van der Waals surface area contributed by atoms with Gasteiger partial charge in [0.2, 0.25) is 11.9 Å². The summed E-state index contributed by atoms with van der Waals surface area (Å²) < 4.78 is 4.11. The summed E-state index contributed by atoms with van der Waals surface area (Å²) in [5.41, 5.74) is 3.29. The zero-order valence-electron chi connectivity index (χ0n) is 18.1. The summed E-state index contributed by atoms with van der Waals surface area (Å²) >= 11 is 3.49. The molecule has 0 amide bonds.